The molecule has 5 rings (SSSR count). The van der Waals surface area contributed by atoms with Gasteiger partial charge in [0, 0.05) is 11.1 Å². The van der Waals surface area contributed by atoms with E-state index in [9.17, 15) is 9.50 Å². The van der Waals surface area contributed by atoms with Crippen molar-refractivity contribution in [3.8, 4) is 11.3 Å². The van der Waals surface area contributed by atoms with E-state index in [1.165, 1.54) is 6.07 Å². The molecule has 3 aliphatic rings. The molecule has 1 unspecified atom stereocenters. The molecule has 2 heterocycles. The Balaban J connectivity index is 1.32. The lowest BCUT2D eigenvalue weighted by atomic mass is 9.74. The van der Waals surface area contributed by atoms with Gasteiger partial charge in [0.1, 0.15) is 11.5 Å². The summed E-state index contributed by atoms with van der Waals surface area (Å²) >= 11 is 0. The molecule has 5 heteroatoms. The number of fused-ring (bicyclic) bond motifs is 3. The van der Waals surface area contributed by atoms with Crippen molar-refractivity contribution in [2.24, 2.45) is 5.92 Å². The zero-order valence-electron chi connectivity index (χ0n) is 14.8. The van der Waals surface area contributed by atoms with Crippen molar-refractivity contribution in [3.63, 3.8) is 0 Å². The number of imidazole rings is 1. The molecular formula is C21H24F2N2O. The molecule has 0 saturated heterocycles. The predicted octanol–water partition coefficient (Wildman–Crippen LogP) is 4.80. The number of rotatable bonds is 4. The number of hydrogen-bond donors (Lipinski definition) is 1. The molecular weight excluding hydrogens is 334 g/mol. The quantitative estimate of drug-likeness (QED) is 0.853. The minimum absolute atomic E-state index is 0.179. The molecule has 1 N–H and O–H groups in total. The third kappa shape index (κ3) is 2.51. The highest BCUT2D eigenvalue weighted by Crippen LogP contribution is 2.52. The van der Waals surface area contributed by atoms with Gasteiger partial charge in [-0.1, -0.05) is 12.1 Å². The minimum Gasteiger partial charge on any atom is -0.390 e. The number of nitrogens with zero attached hydrogens (tertiary/aromatic N) is 2. The summed E-state index contributed by atoms with van der Waals surface area (Å²) in [5.41, 5.74) is 0.767. The SMILES string of the molecule is OC1([C@H]2CC[C@@](F)(CCC3c4c(F)cccc4-c4cncn43)CC2)CC1. The van der Waals surface area contributed by atoms with Crippen molar-refractivity contribution < 1.29 is 13.9 Å². The molecule has 1 aliphatic heterocycles. The van der Waals surface area contributed by atoms with Gasteiger partial charge < -0.3 is 9.67 Å². The lowest BCUT2D eigenvalue weighted by Crippen LogP contribution is -2.35. The average Bonchev–Trinajstić information content (AvgIpc) is 3.07. The molecule has 1 atom stereocenters. The fourth-order valence-electron chi connectivity index (χ4n) is 5.14. The number of aliphatic hydroxyl groups is 1. The average molecular weight is 358 g/mol. The van der Waals surface area contributed by atoms with Crippen molar-refractivity contribution in [2.45, 2.75) is 68.7 Å². The van der Waals surface area contributed by atoms with E-state index in [0.717, 1.165) is 36.9 Å². The van der Waals surface area contributed by atoms with Crippen LogP contribution in [0.5, 0.6) is 0 Å². The predicted molar refractivity (Wildman–Crippen MR) is 95.0 cm³/mol. The first-order valence-electron chi connectivity index (χ1n) is 9.71. The third-order valence-electron chi connectivity index (χ3n) is 6.93. The second kappa shape index (κ2) is 5.62. The van der Waals surface area contributed by atoms with E-state index in [-0.39, 0.29) is 17.8 Å². The van der Waals surface area contributed by atoms with Crippen LogP contribution in [0.3, 0.4) is 0 Å². The first kappa shape index (κ1) is 16.4. The summed E-state index contributed by atoms with van der Waals surface area (Å²) in [6.07, 6.45) is 8.77. The summed E-state index contributed by atoms with van der Waals surface area (Å²) in [5, 5.41) is 10.3. The van der Waals surface area contributed by atoms with Crippen LogP contribution in [0.2, 0.25) is 0 Å². The normalized spacial score (nSPS) is 31.5. The van der Waals surface area contributed by atoms with Crippen molar-refractivity contribution in [3.05, 3.63) is 42.1 Å². The largest absolute Gasteiger partial charge is 0.390 e. The Hall–Kier alpha value is -1.75. The van der Waals surface area contributed by atoms with Gasteiger partial charge in [0.05, 0.1) is 29.9 Å². The van der Waals surface area contributed by atoms with E-state index < -0.39 is 11.3 Å². The van der Waals surface area contributed by atoms with Crippen LogP contribution in [-0.4, -0.2) is 25.9 Å². The maximum atomic E-state index is 15.4. The first-order valence-corrected chi connectivity index (χ1v) is 9.71. The molecule has 3 nitrogen and oxygen atoms in total. The van der Waals surface area contributed by atoms with Crippen molar-refractivity contribution in [2.75, 3.05) is 0 Å². The van der Waals surface area contributed by atoms with Gasteiger partial charge in [0.15, 0.2) is 0 Å². The summed E-state index contributed by atoms with van der Waals surface area (Å²) in [5.74, 6) is 0.0417. The Morgan fingerprint density at radius 2 is 1.96 bits per heavy atom. The van der Waals surface area contributed by atoms with Crippen LogP contribution in [-0.2, 0) is 0 Å². The second-order valence-electron chi connectivity index (χ2n) is 8.47. The van der Waals surface area contributed by atoms with Gasteiger partial charge in [0.25, 0.3) is 0 Å². The van der Waals surface area contributed by atoms with E-state index in [1.807, 2.05) is 10.6 Å². The topological polar surface area (TPSA) is 38.1 Å². The lowest BCUT2D eigenvalue weighted by molar-refractivity contribution is 0.00628. The number of hydrogen-bond acceptors (Lipinski definition) is 2. The van der Waals surface area contributed by atoms with Crippen molar-refractivity contribution in [1.29, 1.82) is 0 Å². The highest BCUT2D eigenvalue weighted by atomic mass is 19.1. The van der Waals surface area contributed by atoms with Gasteiger partial charge in [-0.25, -0.2) is 13.8 Å². The van der Waals surface area contributed by atoms with E-state index >= 15 is 4.39 Å². The third-order valence-corrected chi connectivity index (χ3v) is 6.93. The van der Waals surface area contributed by atoms with Crippen LogP contribution >= 0.6 is 0 Å². The van der Waals surface area contributed by atoms with Crippen LogP contribution < -0.4 is 0 Å². The molecule has 2 fully saturated rings. The fourth-order valence-corrected chi connectivity index (χ4v) is 5.14. The van der Waals surface area contributed by atoms with Crippen LogP contribution in [0.15, 0.2) is 30.7 Å². The van der Waals surface area contributed by atoms with Crippen molar-refractivity contribution >= 4 is 0 Å². The second-order valence-corrected chi connectivity index (χ2v) is 8.47. The molecule has 2 aliphatic carbocycles. The Morgan fingerprint density at radius 1 is 1.19 bits per heavy atom. The minimum atomic E-state index is -1.20. The van der Waals surface area contributed by atoms with Gasteiger partial charge in [0.2, 0.25) is 0 Å². The van der Waals surface area contributed by atoms with Crippen LogP contribution in [0, 0.1) is 11.7 Å². The molecule has 0 bridgehead atoms. The van der Waals surface area contributed by atoms with Gasteiger partial charge in [-0.05, 0) is 63.4 Å². The number of halogens is 2. The number of benzene rings is 1. The van der Waals surface area contributed by atoms with E-state index in [4.69, 9.17) is 0 Å². The summed E-state index contributed by atoms with van der Waals surface area (Å²) in [7, 11) is 0. The monoisotopic (exact) mass is 358 g/mol. The molecule has 2 saturated carbocycles. The number of alkyl halides is 1. The van der Waals surface area contributed by atoms with Gasteiger partial charge in [-0.3, -0.25) is 0 Å². The molecule has 1 aromatic heterocycles. The van der Waals surface area contributed by atoms with Crippen LogP contribution in [0.4, 0.5) is 8.78 Å². The van der Waals surface area contributed by atoms with Crippen LogP contribution in [0.25, 0.3) is 11.3 Å². The maximum Gasteiger partial charge on any atom is 0.129 e. The molecule has 1 aromatic carbocycles. The Labute approximate surface area is 152 Å². The van der Waals surface area contributed by atoms with Crippen LogP contribution in [0.1, 0.15) is 63.0 Å². The van der Waals surface area contributed by atoms with Gasteiger partial charge >= 0.3 is 0 Å². The summed E-state index contributed by atoms with van der Waals surface area (Å²) in [6.45, 7) is 0. The maximum absolute atomic E-state index is 15.4. The standard InChI is InChI=1S/C21H24F2N2O/c22-16-3-1-2-15-18-12-24-13-25(18)17(19(15)16)6-9-20(23)7-4-14(5-8-20)21(26)10-11-21/h1-3,12-14,17,26H,4-11H2/t14-,17?,20-. The molecule has 138 valence electrons. The molecule has 2 aromatic rings. The summed E-state index contributed by atoms with van der Waals surface area (Å²) in [4.78, 5) is 4.20. The van der Waals surface area contributed by atoms with Gasteiger partial charge in [-0.2, -0.15) is 0 Å². The van der Waals surface area contributed by atoms with Gasteiger partial charge in [-0.15, -0.1) is 0 Å². The fraction of sp³-hybridized carbons (Fsp3) is 0.571. The van der Waals surface area contributed by atoms with E-state index in [0.29, 0.717) is 31.2 Å². The van der Waals surface area contributed by atoms with E-state index in [2.05, 4.69) is 4.98 Å². The Kier molecular flexibility index (Phi) is 3.55. The summed E-state index contributed by atoms with van der Waals surface area (Å²) < 4.78 is 31.8. The zero-order valence-corrected chi connectivity index (χ0v) is 14.8. The van der Waals surface area contributed by atoms with Crippen molar-refractivity contribution in [1.82, 2.24) is 9.55 Å². The lowest BCUT2D eigenvalue weighted by Gasteiger charge is -2.36. The molecule has 26 heavy (non-hydrogen) atoms. The molecule has 0 radical (unpaired) electrons. The Bertz CT molecular complexity index is 834. The highest BCUT2D eigenvalue weighted by Gasteiger charge is 2.50. The smallest absolute Gasteiger partial charge is 0.129 e. The number of aromatic nitrogens is 2. The summed E-state index contributed by atoms with van der Waals surface area (Å²) in [6, 6.07) is 4.94. The zero-order chi connectivity index (χ0) is 17.9. The first-order chi connectivity index (χ1) is 12.5. The van der Waals surface area contributed by atoms with E-state index in [1.54, 1.807) is 18.6 Å². The highest BCUT2D eigenvalue weighted by molar-refractivity contribution is 5.69. The molecule has 0 spiro atoms. The Morgan fingerprint density at radius 3 is 2.69 bits per heavy atom. The molecule has 0 amide bonds.